The van der Waals surface area contributed by atoms with E-state index in [0.717, 1.165) is 31.8 Å². The van der Waals surface area contributed by atoms with Crippen LogP contribution in [0.5, 0.6) is 0 Å². The maximum Gasteiger partial charge on any atom is 0.0672 e. The molecule has 1 aliphatic carbocycles. The summed E-state index contributed by atoms with van der Waals surface area (Å²) in [5.41, 5.74) is 4.22. The Morgan fingerprint density at radius 2 is 2.00 bits per heavy atom. The van der Waals surface area contributed by atoms with E-state index in [1.165, 1.54) is 36.2 Å². The number of rotatable bonds is 7. The fourth-order valence-electron chi connectivity index (χ4n) is 3.18. The van der Waals surface area contributed by atoms with Crippen LogP contribution in [0.1, 0.15) is 70.0 Å². The summed E-state index contributed by atoms with van der Waals surface area (Å²) in [5.74, 6) is 0.872. The lowest BCUT2D eigenvalue weighted by Crippen LogP contribution is -2.22. The van der Waals surface area contributed by atoms with Crippen LogP contribution in [-0.4, -0.2) is 16.3 Å². The highest BCUT2D eigenvalue weighted by molar-refractivity contribution is 5.30. The van der Waals surface area contributed by atoms with Crippen LogP contribution in [0.15, 0.2) is 0 Å². The van der Waals surface area contributed by atoms with Gasteiger partial charge in [0.15, 0.2) is 0 Å². The van der Waals surface area contributed by atoms with Crippen LogP contribution in [0.3, 0.4) is 0 Å². The predicted molar refractivity (Wildman–Crippen MR) is 80.4 cm³/mol. The van der Waals surface area contributed by atoms with Crippen molar-refractivity contribution >= 4 is 0 Å². The van der Waals surface area contributed by atoms with Crippen LogP contribution in [0.2, 0.25) is 0 Å². The van der Waals surface area contributed by atoms with Gasteiger partial charge >= 0.3 is 0 Å². The molecule has 0 saturated heterocycles. The minimum absolute atomic E-state index is 0.421. The SMILES string of the molecule is CCNC(C)c1c(CC)nn(CC2CCC2)c1CC. The standard InChI is InChI=1S/C16H29N3/c1-5-14-16(12(4)17-7-3)15(6-2)19(18-14)11-13-9-8-10-13/h12-13,17H,5-11H2,1-4H3. The van der Waals surface area contributed by atoms with E-state index in [9.17, 15) is 0 Å². The molecule has 1 aliphatic rings. The molecule has 1 aromatic heterocycles. The molecule has 2 rings (SSSR count). The first kappa shape index (κ1) is 14.6. The summed E-state index contributed by atoms with van der Waals surface area (Å²) in [6.45, 7) is 11.1. The minimum Gasteiger partial charge on any atom is -0.310 e. The van der Waals surface area contributed by atoms with Gasteiger partial charge in [0.2, 0.25) is 0 Å². The molecule has 0 aromatic carbocycles. The zero-order valence-corrected chi connectivity index (χ0v) is 13.0. The van der Waals surface area contributed by atoms with E-state index in [1.807, 2.05) is 0 Å². The van der Waals surface area contributed by atoms with E-state index >= 15 is 0 Å². The van der Waals surface area contributed by atoms with Crippen molar-refractivity contribution in [1.29, 1.82) is 0 Å². The van der Waals surface area contributed by atoms with Crippen LogP contribution in [-0.2, 0) is 19.4 Å². The molecule has 1 saturated carbocycles. The van der Waals surface area contributed by atoms with E-state index in [2.05, 4.69) is 37.7 Å². The van der Waals surface area contributed by atoms with Gasteiger partial charge in [-0.05, 0) is 45.1 Å². The number of nitrogens with one attached hydrogen (secondary N) is 1. The summed E-state index contributed by atoms with van der Waals surface area (Å²) in [6.07, 6.45) is 6.32. The predicted octanol–water partition coefficient (Wildman–Crippen LogP) is 3.48. The molecule has 1 N–H and O–H groups in total. The van der Waals surface area contributed by atoms with Crippen LogP contribution in [0, 0.1) is 5.92 Å². The summed E-state index contributed by atoms with van der Waals surface area (Å²) >= 11 is 0. The number of aryl methyl sites for hydroxylation is 1. The first-order valence-electron chi connectivity index (χ1n) is 8.02. The van der Waals surface area contributed by atoms with Gasteiger partial charge in [-0.15, -0.1) is 0 Å². The summed E-state index contributed by atoms with van der Waals surface area (Å²) < 4.78 is 2.31. The topological polar surface area (TPSA) is 29.9 Å². The van der Waals surface area contributed by atoms with E-state index in [4.69, 9.17) is 5.10 Å². The van der Waals surface area contributed by atoms with Gasteiger partial charge in [0.05, 0.1) is 5.69 Å². The van der Waals surface area contributed by atoms with Crippen molar-refractivity contribution in [2.45, 2.75) is 72.4 Å². The van der Waals surface area contributed by atoms with Crippen LogP contribution in [0.4, 0.5) is 0 Å². The van der Waals surface area contributed by atoms with Gasteiger partial charge in [0.1, 0.15) is 0 Å². The molecular weight excluding hydrogens is 234 g/mol. The largest absolute Gasteiger partial charge is 0.310 e. The van der Waals surface area contributed by atoms with Gasteiger partial charge in [-0.2, -0.15) is 5.10 Å². The maximum atomic E-state index is 4.90. The minimum atomic E-state index is 0.421. The van der Waals surface area contributed by atoms with Gasteiger partial charge in [-0.1, -0.05) is 27.2 Å². The second kappa shape index (κ2) is 6.56. The van der Waals surface area contributed by atoms with E-state index in [1.54, 1.807) is 0 Å². The first-order valence-corrected chi connectivity index (χ1v) is 8.02. The fourth-order valence-corrected chi connectivity index (χ4v) is 3.18. The van der Waals surface area contributed by atoms with Crippen LogP contribution < -0.4 is 5.32 Å². The number of aromatic nitrogens is 2. The molecule has 3 heteroatoms. The molecule has 0 spiro atoms. The molecule has 0 radical (unpaired) electrons. The third-order valence-electron chi connectivity index (χ3n) is 4.44. The van der Waals surface area contributed by atoms with E-state index in [-0.39, 0.29) is 0 Å². The second-order valence-corrected chi connectivity index (χ2v) is 5.77. The van der Waals surface area contributed by atoms with Crippen molar-refractivity contribution in [1.82, 2.24) is 15.1 Å². The lowest BCUT2D eigenvalue weighted by atomic mass is 9.85. The highest BCUT2D eigenvalue weighted by atomic mass is 15.3. The summed E-state index contributed by atoms with van der Waals surface area (Å²) in [4.78, 5) is 0. The third kappa shape index (κ3) is 3.02. The molecule has 0 aliphatic heterocycles. The van der Waals surface area contributed by atoms with Gasteiger partial charge in [0.25, 0.3) is 0 Å². The number of hydrogen-bond acceptors (Lipinski definition) is 2. The van der Waals surface area contributed by atoms with Gasteiger partial charge in [-0.25, -0.2) is 0 Å². The Kier molecular flexibility index (Phi) is 5.03. The maximum absolute atomic E-state index is 4.90. The molecule has 1 unspecified atom stereocenters. The molecule has 1 aromatic rings. The highest BCUT2D eigenvalue weighted by Gasteiger charge is 2.24. The molecule has 19 heavy (non-hydrogen) atoms. The first-order chi connectivity index (χ1) is 9.21. The van der Waals surface area contributed by atoms with Crippen LogP contribution in [0.25, 0.3) is 0 Å². The highest BCUT2D eigenvalue weighted by Crippen LogP contribution is 2.30. The smallest absolute Gasteiger partial charge is 0.0672 e. The third-order valence-corrected chi connectivity index (χ3v) is 4.44. The quantitative estimate of drug-likeness (QED) is 0.816. The molecule has 0 bridgehead atoms. The normalized spacial score (nSPS) is 17.5. The Labute approximate surface area is 117 Å². The lowest BCUT2D eigenvalue weighted by Gasteiger charge is -2.26. The summed E-state index contributed by atoms with van der Waals surface area (Å²) in [6, 6.07) is 0.421. The molecule has 1 fully saturated rings. The number of hydrogen-bond donors (Lipinski definition) is 1. The molecule has 1 atom stereocenters. The second-order valence-electron chi connectivity index (χ2n) is 5.77. The molecule has 108 valence electrons. The number of nitrogens with zero attached hydrogens (tertiary/aromatic N) is 2. The zero-order valence-electron chi connectivity index (χ0n) is 13.0. The Hall–Kier alpha value is -0.830. The van der Waals surface area contributed by atoms with Crippen molar-refractivity contribution in [2.24, 2.45) is 5.92 Å². The van der Waals surface area contributed by atoms with Gasteiger partial charge in [0, 0.05) is 23.8 Å². The average molecular weight is 263 g/mol. The van der Waals surface area contributed by atoms with Crippen molar-refractivity contribution in [3.63, 3.8) is 0 Å². The molecule has 1 heterocycles. The summed E-state index contributed by atoms with van der Waals surface area (Å²) in [7, 11) is 0. The fraction of sp³-hybridized carbons (Fsp3) is 0.812. The van der Waals surface area contributed by atoms with E-state index in [0.29, 0.717) is 6.04 Å². The summed E-state index contributed by atoms with van der Waals surface area (Å²) in [5, 5.41) is 8.45. The Morgan fingerprint density at radius 1 is 1.26 bits per heavy atom. The lowest BCUT2D eigenvalue weighted by molar-refractivity contribution is 0.263. The van der Waals surface area contributed by atoms with Gasteiger partial charge in [-0.3, -0.25) is 4.68 Å². The molecular formula is C16H29N3. The van der Waals surface area contributed by atoms with Crippen molar-refractivity contribution in [2.75, 3.05) is 6.54 Å². The Bertz CT molecular complexity index is 404. The molecule has 3 nitrogen and oxygen atoms in total. The molecule has 0 amide bonds. The zero-order chi connectivity index (χ0) is 13.8. The van der Waals surface area contributed by atoms with E-state index < -0.39 is 0 Å². The average Bonchev–Trinajstić information content (AvgIpc) is 2.71. The van der Waals surface area contributed by atoms with Crippen molar-refractivity contribution in [3.05, 3.63) is 17.0 Å². The van der Waals surface area contributed by atoms with Gasteiger partial charge < -0.3 is 5.32 Å². The van der Waals surface area contributed by atoms with Crippen molar-refractivity contribution < 1.29 is 0 Å². The Morgan fingerprint density at radius 3 is 2.47 bits per heavy atom. The van der Waals surface area contributed by atoms with Crippen molar-refractivity contribution in [3.8, 4) is 0 Å². The Balaban J connectivity index is 2.27. The monoisotopic (exact) mass is 263 g/mol. The van der Waals surface area contributed by atoms with Crippen LogP contribution >= 0.6 is 0 Å².